The standard InChI is InChI=1S/C20H21NO4.C19H19NO5.C5H9N3O2.C5H10O3.C2H6O2/c1-14(22)12-24-11-10-21-20(23)25-13-19-17-8-4-2-6-15(17)16-7-3-5-9-18(16)19;21-18(22)12-24-10-9-20-19(23)25-11-17-15-7-3-1-5-13(15)14-6-2-4-8-16(14)17;1-5(9)4-10-3-2-7-8-6;1-5(7)4-8-3-2-6;3-1-2-4/h2-9,19H,10-13H2,1H3,(H,21,23);1-8,17H,9-12H2,(H,20,23)(H,21,22);2-4H2,1H3;6H,2-4H2,1H3;3-4H,1-2H2. The van der Waals surface area contributed by atoms with E-state index >= 15 is 0 Å². The predicted molar refractivity (Wildman–Crippen MR) is 264 cm³/mol. The van der Waals surface area contributed by atoms with Gasteiger partial charge in [0.2, 0.25) is 0 Å². The summed E-state index contributed by atoms with van der Waals surface area (Å²) in [5, 5.41) is 40.2. The van der Waals surface area contributed by atoms with E-state index in [2.05, 4.69) is 73.9 Å². The molecule has 0 radical (unpaired) electrons. The minimum Gasteiger partial charge on any atom is -0.480 e. The number of rotatable bonds is 24. The van der Waals surface area contributed by atoms with Gasteiger partial charge in [0.25, 0.3) is 0 Å². The SMILES string of the molecule is CC(=O)COCCN=[N+]=[N-].CC(=O)COCCNC(=O)OCC1c2ccccc2-c2ccccc21.CC(=O)COCCO.O=C(O)COCCNC(=O)OCC1c2ccccc2-c2ccccc21.OCCO. The van der Waals surface area contributed by atoms with E-state index in [0.717, 1.165) is 11.1 Å². The topological polar surface area (TPSA) is 312 Å². The molecule has 4 aromatic rings. The molecule has 0 bridgehead atoms. The Morgan fingerprint density at radius 1 is 0.514 bits per heavy atom. The van der Waals surface area contributed by atoms with Crippen LogP contribution in [0, 0.1) is 0 Å². The lowest BCUT2D eigenvalue weighted by Crippen LogP contribution is -2.29. The van der Waals surface area contributed by atoms with Crippen molar-refractivity contribution in [1.29, 1.82) is 0 Å². The van der Waals surface area contributed by atoms with E-state index in [1.54, 1.807) is 0 Å². The van der Waals surface area contributed by atoms with Crippen LogP contribution in [0.4, 0.5) is 9.59 Å². The number of ketones is 3. The number of carbonyl (C=O) groups excluding carboxylic acids is 5. The molecule has 0 aromatic heterocycles. The highest BCUT2D eigenvalue weighted by Crippen LogP contribution is 2.45. The highest BCUT2D eigenvalue weighted by atomic mass is 16.6. The van der Waals surface area contributed by atoms with Crippen molar-refractivity contribution in [2.45, 2.75) is 32.6 Å². The predicted octanol–water partition coefficient (Wildman–Crippen LogP) is 5.21. The van der Waals surface area contributed by atoms with Crippen LogP contribution in [0.15, 0.2) is 102 Å². The zero-order valence-corrected chi connectivity index (χ0v) is 40.7. The maximum atomic E-state index is 11.9. The van der Waals surface area contributed by atoms with Gasteiger partial charge in [-0.25, -0.2) is 14.4 Å². The number of hydrogen-bond donors (Lipinski definition) is 6. The van der Waals surface area contributed by atoms with Gasteiger partial charge in [0.05, 0.1) is 46.2 Å². The lowest BCUT2D eigenvalue weighted by atomic mass is 9.98. The average molecular weight is 1000 g/mol. The number of carbonyl (C=O) groups is 6. The first kappa shape index (κ1) is 61.1. The van der Waals surface area contributed by atoms with E-state index in [-0.39, 0.29) is 122 Å². The maximum Gasteiger partial charge on any atom is 0.407 e. The third kappa shape index (κ3) is 24.2. The van der Waals surface area contributed by atoms with Crippen LogP contribution in [0.1, 0.15) is 54.9 Å². The molecule has 21 nitrogen and oxygen atoms in total. The first-order valence-corrected chi connectivity index (χ1v) is 22.8. The van der Waals surface area contributed by atoms with Crippen molar-refractivity contribution in [3.05, 3.63) is 130 Å². The van der Waals surface area contributed by atoms with Crippen LogP contribution in [0.2, 0.25) is 0 Å². The second-order valence-electron chi connectivity index (χ2n) is 15.3. The van der Waals surface area contributed by atoms with Gasteiger partial charge in [-0.15, -0.1) is 0 Å². The number of fused-ring (bicyclic) bond motifs is 6. The number of amides is 2. The van der Waals surface area contributed by atoms with Crippen LogP contribution in [0.3, 0.4) is 0 Å². The number of nitrogens with zero attached hydrogens (tertiary/aromatic N) is 3. The molecule has 6 N–H and O–H groups in total. The second-order valence-corrected chi connectivity index (χ2v) is 15.3. The second kappa shape index (κ2) is 36.8. The number of nitrogens with one attached hydrogen (secondary N) is 2. The van der Waals surface area contributed by atoms with Gasteiger partial charge < -0.3 is 59.5 Å². The Hall–Kier alpha value is -7.07. The zero-order chi connectivity index (χ0) is 52.9. The highest BCUT2D eigenvalue weighted by molar-refractivity contribution is 5.81. The summed E-state index contributed by atoms with van der Waals surface area (Å²) < 4.78 is 30.1. The van der Waals surface area contributed by atoms with Gasteiger partial charge in [0.15, 0.2) is 17.3 Å². The summed E-state index contributed by atoms with van der Waals surface area (Å²) in [7, 11) is 0. The Bertz CT molecular complexity index is 2110. The van der Waals surface area contributed by atoms with E-state index in [9.17, 15) is 28.8 Å². The van der Waals surface area contributed by atoms with Crippen molar-refractivity contribution in [1.82, 2.24) is 10.6 Å². The molecule has 72 heavy (non-hydrogen) atoms. The van der Waals surface area contributed by atoms with Gasteiger partial charge in [-0.3, -0.25) is 14.4 Å². The molecule has 2 aliphatic carbocycles. The summed E-state index contributed by atoms with van der Waals surface area (Å²) in [6.07, 6.45) is -1.02. The molecule has 0 unspecified atom stereocenters. The van der Waals surface area contributed by atoms with Gasteiger partial charge in [-0.1, -0.05) is 102 Å². The number of carboxylic acids is 1. The van der Waals surface area contributed by atoms with Crippen molar-refractivity contribution in [2.75, 3.05) is 106 Å². The number of Topliss-reactive ketones (excluding diaryl/α,β-unsaturated/α-hetero) is 3. The third-order valence-corrected chi connectivity index (χ3v) is 9.59. The molecule has 6 rings (SSSR count). The van der Waals surface area contributed by atoms with E-state index in [0.29, 0.717) is 13.2 Å². The number of alkyl carbamates (subject to hydrolysis) is 2. The van der Waals surface area contributed by atoms with Gasteiger partial charge >= 0.3 is 18.2 Å². The molecule has 2 amide bonds. The highest BCUT2D eigenvalue weighted by Gasteiger charge is 2.30. The van der Waals surface area contributed by atoms with Crippen molar-refractivity contribution in [3.8, 4) is 22.3 Å². The summed E-state index contributed by atoms with van der Waals surface area (Å²) in [6.45, 7) is 6.24. The van der Waals surface area contributed by atoms with Gasteiger partial charge in [-0.05, 0) is 70.8 Å². The van der Waals surface area contributed by atoms with Crippen molar-refractivity contribution < 1.29 is 77.6 Å². The maximum absolute atomic E-state index is 11.9. The van der Waals surface area contributed by atoms with E-state index in [1.165, 1.54) is 54.2 Å². The smallest absolute Gasteiger partial charge is 0.407 e. The molecule has 0 atom stereocenters. The fourth-order valence-electron chi connectivity index (χ4n) is 6.77. The minimum atomic E-state index is -1.04. The van der Waals surface area contributed by atoms with Crippen LogP contribution in [-0.4, -0.2) is 161 Å². The fraction of sp³-hybridized carbons (Fsp3) is 0.412. The molecular formula is C51H65N5O16. The van der Waals surface area contributed by atoms with Crippen LogP contribution in [-0.2, 0) is 47.6 Å². The molecule has 0 fully saturated rings. The first-order chi connectivity index (χ1) is 34.8. The number of azide groups is 1. The van der Waals surface area contributed by atoms with Crippen LogP contribution >= 0.6 is 0 Å². The lowest BCUT2D eigenvalue weighted by Gasteiger charge is -2.14. The van der Waals surface area contributed by atoms with E-state index < -0.39 is 18.2 Å². The Morgan fingerprint density at radius 2 is 0.847 bits per heavy atom. The Kier molecular flexibility index (Phi) is 31.2. The number of benzene rings is 4. The van der Waals surface area contributed by atoms with E-state index in [1.807, 2.05) is 48.5 Å². The normalized spacial score (nSPS) is 11.2. The number of aliphatic hydroxyl groups excluding tert-OH is 3. The molecule has 2 aliphatic rings. The molecule has 0 saturated carbocycles. The van der Waals surface area contributed by atoms with Crippen LogP contribution < -0.4 is 10.6 Å². The number of ether oxygens (including phenoxy) is 6. The number of aliphatic carboxylic acids is 1. The summed E-state index contributed by atoms with van der Waals surface area (Å²) in [6, 6.07) is 32.6. The summed E-state index contributed by atoms with van der Waals surface area (Å²) in [5.74, 6) is -1.06. The summed E-state index contributed by atoms with van der Waals surface area (Å²) >= 11 is 0. The Morgan fingerprint density at radius 3 is 1.17 bits per heavy atom. The van der Waals surface area contributed by atoms with Gasteiger partial charge in [0, 0.05) is 36.4 Å². The number of carboxylic acid groups (broad SMARTS) is 1. The Labute approximate surface area is 418 Å². The minimum absolute atomic E-state index is 0.0152. The van der Waals surface area contributed by atoms with Crippen LogP contribution in [0.5, 0.6) is 0 Å². The van der Waals surface area contributed by atoms with Crippen molar-refractivity contribution in [2.24, 2.45) is 5.11 Å². The lowest BCUT2D eigenvalue weighted by molar-refractivity contribution is -0.142. The first-order valence-electron chi connectivity index (χ1n) is 22.8. The van der Waals surface area contributed by atoms with Crippen LogP contribution in [0.25, 0.3) is 32.7 Å². The van der Waals surface area contributed by atoms with Gasteiger partial charge in [0.1, 0.15) is 39.6 Å². The molecule has 390 valence electrons. The Balaban J connectivity index is 0.000000352. The van der Waals surface area contributed by atoms with Crippen molar-refractivity contribution in [3.63, 3.8) is 0 Å². The quantitative estimate of drug-likeness (QED) is 0.0227. The van der Waals surface area contributed by atoms with E-state index in [4.69, 9.17) is 49.6 Å². The van der Waals surface area contributed by atoms with Gasteiger partial charge in [-0.2, -0.15) is 0 Å². The monoisotopic (exact) mass is 1000 g/mol. The molecule has 4 aromatic carbocycles. The summed E-state index contributed by atoms with van der Waals surface area (Å²) in [5.41, 5.74) is 17.2. The molecule has 0 saturated heterocycles. The fourth-order valence-corrected chi connectivity index (χ4v) is 6.77. The van der Waals surface area contributed by atoms with Crippen molar-refractivity contribution >= 4 is 35.5 Å². The molecule has 21 heteroatoms. The zero-order valence-electron chi connectivity index (χ0n) is 40.7. The number of hydrogen-bond acceptors (Lipinski definition) is 16. The largest absolute Gasteiger partial charge is 0.480 e. The average Bonchev–Trinajstić information content (AvgIpc) is 3.87. The number of aliphatic hydroxyl groups is 3. The third-order valence-electron chi connectivity index (χ3n) is 9.59. The molecule has 0 spiro atoms. The molecule has 0 aliphatic heterocycles. The summed E-state index contributed by atoms with van der Waals surface area (Å²) in [4.78, 5) is 67.6. The molecule has 0 heterocycles. The molecular weight excluding hydrogens is 939 g/mol.